The summed E-state index contributed by atoms with van der Waals surface area (Å²) < 4.78 is 5.77. The van der Waals surface area contributed by atoms with Crippen molar-refractivity contribution in [1.29, 1.82) is 0 Å². The number of nitrogens with zero attached hydrogens (tertiary/aromatic N) is 2. The van der Waals surface area contributed by atoms with E-state index in [2.05, 4.69) is 46.8 Å². The Hall–Kier alpha value is -1.14. The van der Waals surface area contributed by atoms with E-state index in [4.69, 9.17) is 4.74 Å². The minimum absolute atomic E-state index is 0.0664. The molecular weight excluding hydrogens is 284 g/mol. The predicted octanol–water partition coefficient (Wildman–Crippen LogP) is 2.50. The number of hydrogen-bond donors (Lipinski definition) is 2. The van der Waals surface area contributed by atoms with Crippen molar-refractivity contribution in [2.45, 2.75) is 51.7 Å². The third kappa shape index (κ3) is 4.68. The molecule has 5 nitrogen and oxygen atoms in total. The van der Waals surface area contributed by atoms with Gasteiger partial charge in [-0.3, -0.25) is 4.99 Å². The van der Waals surface area contributed by atoms with Crippen LogP contribution in [0.4, 0.5) is 0 Å². The molecule has 1 saturated heterocycles. The van der Waals surface area contributed by atoms with Crippen LogP contribution in [0.5, 0.6) is 0 Å². The van der Waals surface area contributed by atoms with E-state index >= 15 is 0 Å². The summed E-state index contributed by atoms with van der Waals surface area (Å²) in [5.74, 6) is 1.28. The molecule has 0 saturated carbocycles. The van der Waals surface area contributed by atoms with E-state index in [1.54, 1.807) is 18.4 Å². The maximum atomic E-state index is 5.77. The third-order valence-electron chi connectivity index (χ3n) is 3.65. The SMILES string of the molecule is CN=C(NCc1csc(C(C)C)n1)NCC1(C)CCCO1. The van der Waals surface area contributed by atoms with Crippen molar-refractivity contribution in [3.8, 4) is 0 Å². The molecule has 6 heteroatoms. The molecule has 0 bridgehead atoms. The molecule has 0 aromatic carbocycles. The molecule has 2 N–H and O–H groups in total. The van der Waals surface area contributed by atoms with E-state index in [1.165, 1.54) is 5.01 Å². The number of hydrogen-bond acceptors (Lipinski definition) is 4. The number of aliphatic imine (C=N–C) groups is 1. The number of nitrogens with one attached hydrogen (secondary N) is 2. The van der Waals surface area contributed by atoms with Crippen LogP contribution < -0.4 is 10.6 Å². The lowest BCUT2D eigenvalue weighted by molar-refractivity contribution is 0.0243. The van der Waals surface area contributed by atoms with Crippen LogP contribution in [-0.2, 0) is 11.3 Å². The van der Waals surface area contributed by atoms with Crippen LogP contribution in [0.2, 0.25) is 0 Å². The first-order chi connectivity index (χ1) is 10.0. The van der Waals surface area contributed by atoms with E-state index in [9.17, 15) is 0 Å². The van der Waals surface area contributed by atoms with E-state index in [0.29, 0.717) is 12.5 Å². The zero-order valence-electron chi connectivity index (χ0n) is 13.4. The number of aromatic nitrogens is 1. The van der Waals surface area contributed by atoms with Crippen LogP contribution in [0, 0.1) is 0 Å². The lowest BCUT2D eigenvalue weighted by Gasteiger charge is -2.24. The molecule has 1 fully saturated rings. The highest BCUT2D eigenvalue weighted by Gasteiger charge is 2.29. The minimum atomic E-state index is -0.0664. The molecule has 21 heavy (non-hydrogen) atoms. The molecule has 0 aliphatic carbocycles. The molecule has 0 radical (unpaired) electrons. The van der Waals surface area contributed by atoms with Crippen molar-refractivity contribution in [2.75, 3.05) is 20.2 Å². The van der Waals surface area contributed by atoms with Crippen molar-refractivity contribution < 1.29 is 4.74 Å². The van der Waals surface area contributed by atoms with Gasteiger partial charge in [-0.1, -0.05) is 13.8 Å². The quantitative estimate of drug-likeness (QED) is 0.648. The monoisotopic (exact) mass is 310 g/mol. The molecule has 2 heterocycles. The van der Waals surface area contributed by atoms with Gasteiger partial charge in [-0.25, -0.2) is 4.98 Å². The van der Waals surface area contributed by atoms with Crippen LogP contribution in [0.3, 0.4) is 0 Å². The predicted molar refractivity (Wildman–Crippen MR) is 88.0 cm³/mol. The second-order valence-corrected chi connectivity index (χ2v) is 6.90. The molecule has 1 aromatic heterocycles. The Kier molecular flexibility index (Phi) is 5.58. The van der Waals surface area contributed by atoms with Crippen LogP contribution in [0.1, 0.15) is 50.2 Å². The Balaban J connectivity index is 1.79. The maximum absolute atomic E-state index is 5.77. The zero-order chi connectivity index (χ0) is 15.3. The molecule has 0 spiro atoms. The Labute approximate surface area is 131 Å². The number of thiazole rings is 1. The van der Waals surface area contributed by atoms with Crippen molar-refractivity contribution in [1.82, 2.24) is 15.6 Å². The van der Waals surface area contributed by atoms with E-state index in [-0.39, 0.29) is 5.60 Å². The first-order valence-corrected chi connectivity index (χ1v) is 8.43. The Bertz CT molecular complexity index is 478. The molecule has 1 aromatic rings. The summed E-state index contributed by atoms with van der Waals surface area (Å²) in [4.78, 5) is 8.87. The van der Waals surface area contributed by atoms with Gasteiger partial charge in [0, 0.05) is 31.5 Å². The highest BCUT2D eigenvalue weighted by Crippen LogP contribution is 2.23. The second kappa shape index (κ2) is 7.22. The fourth-order valence-corrected chi connectivity index (χ4v) is 3.15. The largest absolute Gasteiger partial charge is 0.373 e. The van der Waals surface area contributed by atoms with Gasteiger partial charge >= 0.3 is 0 Å². The van der Waals surface area contributed by atoms with Gasteiger partial charge in [0.2, 0.25) is 0 Å². The molecule has 0 amide bonds. The van der Waals surface area contributed by atoms with Crippen molar-refractivity contribution in [3.05, 3.63) is 16.1 Å². The van der Waals surface area contributed by atoms with Gasteiger partial charge < -0.3 is 15.4 Å². The number of rotatable bonds is 5. The van der Waals surface area contributed by atoms with Crippen LogP contribution in [0.15, 0.2) is 10.4 Å². The van der Waals surface area contributed by atoms with Gasteiger partial charge in [-0.05, 0) is 19.8 Å². The summed E-state index contributed by atoms with van der Waals surface area (Å²) in [6, 6.07) is 0. The van der Waals surface area contributed by atoms with Crippen molar-refractivity contribution in [3.63, 3.8) is 0 Å². The first kappa shape index (κ1) is 16.2. The highest BCUT2D eigenvalue weighted by atomic mass is 32.1. The van der Waals surface area contributed by atoms with Crippen LogP contribution >= 0.6 is 11.3 Å². The zero-order valence-corrected chi connectivity index (χ0v) is 14.2. The smallest absolute Gasteiger partial charge is 0.191 e. The first-order valence-electron chi connectivity index (χ1n) is 7.55. The Morgan fingerprint density at radius 3 is 2.90 bits per heavy atom. The van der Waals surface area contributed by atoms with Crippen molar-refractivity contribution in [2.24, 2.45) is 4.99 Å². The third-order valence-corrected chi connectivity index (χ3v) is 4.85. The van der Waals surface area contributed by atoms with Crippen molar-refractivity contribution >= 4 is 17.3 Å². The van der Waals surface area contributed by atoms with Gasteiger partial charge in [0.1, 0.15) is 0 Å². The van der Waals surface area contributed by atoms with E-state index < -0.39 is 0 Å². The summed E-state index contributed by atoms with van der Waals surface area (Å²) >= 11 is 1.72. The molecule has 1 atom stereocenters. The number of ether oxygens (including phenoxy) is 1. The molecular formula is C15H26N4OS. The second-order valence-electron chi connectivity index (χ2n) is 6.01. The van der Waals surface area contributed by atoms with Gasteiger partial charge in [0.25, 0.3) is 0 Å². The Morgan fingerprint density at radius 2 is 2.33 bits per heavy atom. The topological polar surface area (TPSA) is 58.5 Å². The molecule has 118 valence electrons. The van der Waals surface area contributed by atoms with E-state index in [0.717, 1.165) is 37.6 Å². The standard InChI is InChI=1S/C15H26N4OS/c1-11(2)13-19-12(9-21-13)8-17-14(16-4)18-10-15(3)6-5-7-20-15/h9,11H,5-8,10H2,1-4H3,(H2,16,17,18). The average Bonchev–Trinajstić information content (AvgIpc) is 3.08. The molecule has 1 unspecified atom stereocenters. The summed E-state index contributed by atoms with van der Waals surface area (Å²) in [5.41, 5.74) is 0.998. The Morgan fingerprint density at radius 1 is 1.52 bits per heavy atom. The van der Waals surface area contributed by atoms with Gasteiger partial charge in [0.15, 0.2) is 5.96 Å². The lowest BCUT2D eigenvalue weighted by Crippen LogP contribution is -2.45. The van der Waals surface area contributed by atoms with Gasteiger partial charge in [0.05, 0.1) is 22.8 Å². The fraction of sp³-hybridized carbons (Fsp3) is 0.733. The normalized spacial score (nSPS) is 22.8. The van der Waals surface area contributed by atoms with Crippen LogP contribution in [-0.4, -0.2) is 36.7 Å². The number of guanidine groups is 1. The highest BCUT2D eigenvalue weighted by molar-refractivity contribution is 7.09. The van der Waals surface area contributed by atoms with E-state index in [1.807, 2.05) is 0 Å². The summed E-state index contributed by atoms with van der Waals surface area (Å²) in [7, 11) is 1.79. The molecule has 1 aliphatic heterocycles. The maximum Gasteiger partial charge on any atom is 0.191 e. The summed E-state index contributed by atoms with van der Waals surface area (Å²) in [5, 5.41) is 9.94. The minimum Gasteiger partial charge on any atom is -0.373 e. The van der Waals surface area contributed by atoms with Gasteiger partial charge in [-0.15, -0.1) is 11.3 Å². The fourth-order valence-electron chi connectivity index (χ4n) is 2.31. The summed E-state index contributed by atoms with van der Waals surface area (Å²) in [6.45, 7) is 8.82. The average molecular weight is 310 g/mol. The summed E-state index contributed by atoms with van der Waals surface area (Å²) in [6.07, 6.45) is 2.24. The molecule has 1 aliphatic rings. The van der Waals surface area contributed by atoms with Gasteiger partial charge in [-0.2, -0.15) is 0 Å². The van der Waals surface area contributed by atoms with Crippen LogP contribution in [0.25, 0.3) is 0 Å². The molecule has 2 rings (SSSR count). The lowest BCUT2D eigenvalue weighted by atomic mass is 10.0.